The van der Waals surface area contributed by atoms with Crippen LogP contribution >= 0.6 is 0 Å². The van der Waals surface area contributed by atoms with Gasteiger partial charge in [0.25, 0.3) is 5.91 Å². The molecule has 0 saturated carbocycles. The molecule has 2 N–H and O–H groups in total. The van der Waals surface area contributed by atoms with E-state index < -0.39 is 0 Å². The molecule has 0 bridgehead atoms. The van der Waals surface area contributed by atoms with Gasteiger partial charge in [-0.3, -0.25) is 4.79 Å². The summed E-state index contributed by atoms with van der Waals surface area (Å²) >= 11 is 0. The fourth-order valence-electron chi connectivity index (χ4n) is 2.34. The number of aliphatic hydroxyl groups is 2. The van der Waals surface area contributed by atoms with E-state index in [9.17, 15) is 4.79 Å². The second kappa shape index (κ2) is 7.06. The zero-order valence-corrected chi connectivity index (χ0v) is 12.1. The molecule has 112 valence electrons. The van der Waals surface area contributed by atoms with Crippen molar-refractivity contribution in [1.82, 2.24) is 9.47 Å². The SMILES string of the molecule is Cn1c(C(=O)N(CCO)CCO)ccc1-c1ccccc1. The van der Waals surface area contributed by atoms with Crippen molar-refractivity contribution in [2.24, 2.45) is 7.05 Å². The number of aromatic nitrogens is 1. The first-order valence-corrected chi connectivity index (χ1v) is 6.91. The number of rotatable bonds is 6. The van der Waals surface area contributed by atoms with E-state index in [4.69, 9.17) is 10.2 Å². The number of hydrogen-bond donors (Lipinski definition) is 2. The third kappa shape index (κ3) is 3.32. The van der Waals surface area contributed by atoms with E-state index in [1.165, 1.54) is 4.90 Å². The van der Waals surface area contributed by atoms with E-state index >= 15 is 0 Å². The fourth-order valence-corrected chi connectivity index (χ4v) is 2.34. The summed E-state index contributed by atoms with van der Waals surface area (Å²) in [5.74, 6) is -0.192. The first-order valence-electron chi connectivity index (χ1n) is 6.91. The van der Waals surface area contributed by atoms with Crippen molar-refractivity contribution in [1.29, 1.82) is 0 Å². The molecule has 1 heterocycles. The minimum Gasteiger partial charge on any atom is -0.395 e. The molecule has 1 aromatic carbocycles. The van der Waals surface area contributed by atoms with E-state index in [0.29, 0.717) is 5.69 Å². The summed E-state index contributed by atoms with van der Waals surface area (Å²) in [6, 6.07) is 13.5. The molecule has 2 rings (SSSR count). The first kappa shape index (κ1) is 15.3. The standard InChI is InChI=1S/C16H20N2O3/c1-17-14(13-5-3-2-4-6-13)7-8-15(17)16(21)18(9-11-19)10-12-20/h2-8,19-20H,9-12H2,1H3. The lowest BCUT2D eigenvalue weighted by Gasteiger charge is -2.21. The maximum absolute atomic E-state index is 12.5. The van der Waals surface area contributed by atoms with Gasteiger partial charge in [-0.05, 0) is 17.7 Å². The quantitative estimate of drug-likeness (QED) is 0.837. The van der Waals surface area contributed by atoms with Crippen LogP contribution in [0.5, 0.6) is 0 Å². The van der Waals surface area contributed by atoms with Crippen LogP contribution in [0, 0.1) is 0 Å². The van der Waals surface area contributed by atoms with Gasteiger partial charge in [-0.2, -0.15) is 0 Å². The van der Waals surface area contributed by atoms with Crippen molar-refractivity contribution < 1.29 is 15.0 Å². The number of nitrogens with zero attached hydrogens (tertiary/aromatic N) is 2. The Bertz CT molecular complexity index is 587. The van der Waals surface area contributed by atoms with E-state index in [1.54, 1.807) is 6.07 Å². The Labute approximate surface area is 124 Å². The summed E-state index contributed by atoms with van der Waals surface area (Å²) < 4.78 is 1.83. The van der Waals surface area contributed by atoms with Crippen molar-refractivity contribution >= 4 is 5.91 Å². The summed E-state index contributed by atoms with van der Waals surface area (Å²) in [5.41, 5.74) is 2.53. The average Bonchev–Trinajstić information content (AvgIpc) is 2.89. The maximum atomic E-state index is 12.5. The Balaban J connectivity index is 2.29. The molecule has 0 unspecified atom stereocenters. The molecule has 0 aliphatic rings. The lowest BCUT2D eigenvalue weighted by atomic mass is 10.2. The topological polar surface area (TPSA) is 65.7 Å². The van der Waals surface area contributed by atoms with E-state index in [1.807, 2.05) is 48.0 Å². The Morgan fingerprint density at radius 3 is 2.24 bits per heavy atom. The number of hydrogen-bond acceptors (Lipinski definition) is 3. The minimum absolute atomic E-state index is 0.123. The molecule has 5 nitrogen and oxygen atoms in total. The van der Waals surface area contributed by atoms with Crippen LogP contribution in [0.3, 0.4) is 0 Å². The third-order valence-electron chi connectivity index (χ3n) is 3.44. The predicted molar refractivity (Wildman–Crippen MR) is 80.9 cm³/mol. The molecular weight excluding hydrogens is 268 g/mol. The van der Waals surface area contributed by atoms with Crippen LogP contribution in [0.4, 0.5) is 0 Å². The summed E-state index contributed by atoms with van der Waals surface area (Å²) in [4.78, 5) is 13.9. The Morgan fingerprint density at radius 1 is 1.05 bits per heavy atom. The molecule has 5 heteroatoms. The highest BCUT2D eigenvalue weighted by Crippen LogP contribution is 2.22. The summed E-state index contributed by atoms with van der Waals surface area (Å²) in [6.45, 7) is 0.180. The van der Waals surface area contributed by atoms with Crippen molar-refractivity contribution in [3.63, 3.8) is 0 Å². The van der Waals surface area contributed by atoms with E-state index in [-0.39, 0.29) is 32.2 Å². The summed E-state index contributed by atoms with van der Waals surface area (Å²) in [5, 5.41) is 18.1. The summed E-state index contributed by atoms with van der Waals surface area (Å²) in [6.07, 6.45) is 0. The van der Waals surface area contributed by atoms with Crippen LogP contribution in [0.2, 0.25) is 0 Å². The highest BCUT2D eigenvalue weighted by atomic mass is 16.3. The second-order valence-electron chi connectivity index (χ2n) is 4.77. The molecule has 1 amide bonds. The largest absolute Gasteiger partial charge is 0.395 e. The van der Waals surface area contributed by atoms with E-state index in [2.05, 4.69) is 0 Å². The molecule has 1 aromatic heterocycles. The number of benzene rings is 1. The second-order valence-corrected chi connectivity index (χ2v) is 4.77. The van der Waals surface area contributed by atoms with Crippen molar-refractivity contribution in [2.75, 3.05) is 26.3 Å². The zero-order chi connectivity index (χ0) is 15.2. The van der Waals surface area contributed by atoms with Gasteiger partial charge in [-0.15, -0.1) is 0 Å². The number of carbonyl (C=O) groups excluding carboxylic acids is 1. The van der Waals surface area contributed by atoms with Gasteiger partial charge in [-0.1, -0.05) is 30.3 Å². The average molecular weight is 288 g/mol. The van der Waals surface area contributed by atoms with E-state index in [0.717, 1.165) is 11.3 Å². The molecule has 2 aromatic rings. The van der Waals surface area contributed by atoms with Gasteiger partial charge in [0.2, 0.25) is 0 Å². The fraction of sp³-hybridized carbons (Fsp3) is 0.312. The van der Waals surface area contributed by atoms with Gasteiger partial charge in [-0.25, -0.2) is 0 Å². The highest BCUT2D eigenvalue weighted by molar-refractivity contribution is 5.94. The highest BCUT2D eigenvalue weighted by Gasteiger charge is 2.19. The van der Waals surface area contributed by atoms with Crippen LogP contribution in [-0.2, 0) is 7.05 Å². The van der Waals surface area contributed by atoms with Crippen LogP contribution in [0.15, 0.2) is 42.5 Å². The van der Waals surface area contributed by atoms with Gasteiger partial charge in [0.05, 0.1) is 13.2 Å². The van der Waals surface area contributed by atoms with Gasteiger partial charge < -0.3 is 19.7 Å². The summed E-state index contributed by atoms with van der Waals surface area (Å²) in [7, 11) is 1.84. The van der Waals surface area contributed by atoms with Crippen LogP contribution in [0.1, 0.15) is 10.5 Å². The third-order valence-corrected chi connectivity index (χ3v) is 3.44. The normalized spacial score (nSPS) is 10.6. The zero-order valence-electron chi connectivity index (χ0n) is 12.1. The lowest BCUT2D eigenvalue weighted by molar-refractivity contribution is 0.0675. The lowest BCUT2D eigenvalue weighted by Crippen LogP contribution is -2.36. The van der Waals surface area contributed by atoms with Gasteiger partial charge >= 0.3 is 0 Å². The monoisotopic (exact) mass is 288 g/mol. The Kier molecular flexibility index (Phi) is 5.14. The molecule has 0 atom stereocenters. The molecule has 0 aliphatic heterocycles. The number of carbonyl (C=O) groups is 1. The predicted octanol–water partition coefficient (Wildman–Crippen LogP) is 1.12. The maximum Gasteiger partial charge on any atom is 0.270 e. The molecule has 0 fully saturated rings. The van der Waals surface area contributed by atoms with Crippen molar-refractivity contribution in [3.05, 3.63) is 48.2 Å². The molecular formula is C16H20N2O3. The smallest absolute Gasteiger partial charge is 0.270 e. The first-order chi connectivity index (χ1) is 10.2. The number of amides is 1. The molecule has 0 aliphatic carbocycles. The Morgan fingerprint density at radius 2 is 1.67 bits per heavy atom. The van der Waals surface area contributed by atoms with Crippen LogP contribution in [-0.4, -0.2) is 51.9 Å². The number of aliphatic hydroxyl groups excluding tert-OH is 2. The van der Waals surface area contributed by atoms with Crippen LogP contribution in [0.25, 0.3) is 11.3 Å². The molecule has 0 spiro atoms. The minimum atomic E-state index is -0.192. The van der Waals surface area contributed by atoms with Crippen molar-refractivity contribution in [2.45, 2.75) is 0 Å². The van der Waals surface area contributed by atoms with Crippen molar-refractivity contribution in [3.8, 4) is 11.3 Å². The molecule has 0 radical (unpaired) electrons. The van der Waals surface area contributed by atoms with Gasteiger partial charge in [0, 0.05) is 25.8 Å². The Hall–Kier alpha value is -2.11. The molecule has 0 saturated heterocycles. The van der Waals surface area contributed by atoms with Gasteiger partial charge in [0.1, 0.15) is 5.69 Å². The molecule has 21 heavy (non-hydrogen) atoms. The van der Waals surface area contributed by atoms with Crippen LogP contribution < -0.4 is 0 Å². The van der Waals surface area contributed by atoms with Gasteiger partial charge in [0.15, 0.2) is 0 Å².